The van der Waals surface area contributed by atoms with Crippen molar-refractivity contribution in [1.82, 2.24) is 4.98 Å². The zero-order valence-corrected chi connectivity index (χ0v) is 11.7. The summed E-state index contributed by atoms with van der Waals surface area (Å²) >= 11 is 0. The number of pyridine rings is 1. The van der Waals surface area contributed by atoms with Crippen molar-refractivity contribution < 1.29 is 4.92 Å². The van der Waals surface area contributed by atoms with Crippen molar-refractivity contribution in [2.24, 2.45) is 5.92 Å². The summed E-state index contributed by atoms with van der Waals surface area (Å²) < 4.78 is 0. The summed E-state index contributed by atoms with van der Waals surface area (Å²) in [5.41, 5.74) is 0.118. The molecular weight excluding hydrogens is 256 g/mol. The van der Waals surface area contributed by atoms with Crippen LogP contribution in [0.2, 0.25) is 0 Å². The molecule has 0 bridgehead atoms. The summed E-state index contributed by atoms with van der Waals surface area (Å²) in [6.07, 6.45) is 4.90. The maximum Gasteiger partial charge on any atom is 0.276 e. The van der Waals surface area contributed by atoms with Crippen LogP contribution in [0.15, 0.2) is 12.1 Å². The van der Waals surface area contributed by atoms with Crippen LogP contribution in [0.25, 0.3) is 0 Å². The molecule has 3 rings (SSSR count). The molecule has 0 amide bonds. The average Bonchev–Trinajstić information content (AvgIpc) is 3.28. The van der Waals surface area contributed by atoms with Crippen molar-refractivity contribution in [3.8, 4) is 0 Å². The van der Waals surface area contributed by atoms with E-state index >= 15 is 0 Å². The summed E-state index contributed by atoms with van der Waals surface area (Å²) in [7, 11) is 0. The SMILES string of the molecule is CCNc1cc([N+](=O)[O-])cc(N(CC2CC2)C2CC2)n1. The van der Waals surface area contributed by atoms with Gasteiger partial charge in [-0.1, -0.05) is 0 Å². The molecule has 6 nitrogen and oxygen atoms in total. The molecule has 2 aliphatic rings. The van der Waals surface area contributed by atoms with Gasteiger partial charge in [0.1, 0.15) is 11.6 Å². The van der Waals surface area contributed by atoms with Gasteiger partial charge in [-0.3, -0.25) is 10.1 Å². The number of aromatic nitrogens is 1. The molecule has 0 spiro atoms. The summed E-state index contributed by atoms with van der Waals surface area (Å²) in [6, 6.07) is 3.65. The Hall–Kier alpha value is -1.85. The highest BCUT2D eigenvalue weighted by molar-refractivity contribution is 5.57. The zero-order chi connectivity index (χ0) is 14.1. The van der Waals surface area contributed by atoms with E-state index in [1.807, 2.05) is 6.92 Å². The molecule has 2 saturated carbocycles. The molecule has 20 heavy (non-hydrogen) atoms. The van der Waals surface area contributed by atoms with Crippen molar-refractivity contribution in [3.63, 3.8) is 0 Å². The second kappa shape index (κ2) is 5.26. The van der Waals surface area contributed by atoms with Crippen LogP contribution in [0.4, 0.5) is 17.3 Å². The van der Waals surface area contributed by atoms with Gasteiger partial charge in [-0.15, -0.1) is 0 Å². The Kier molecular flexibility index (Phi) is 3.46. The first-order valence-electron chi connectivity index (χ1n) is 7.34. The summed E-state index contributed by atoms with van der Waals surface area (Å²) in [6.45, 7) is 3.66. The fourth-order valence-electron chi connectivity index (χ4n) is 2.42. The van der Waals surface area contributed by atoms with Crippen molar-refractivity contribution in [2.75, 3.05) is 23.3 Å². The molecule has 0 saturated heterocycles. The predicted molar refractivity (Wildman–Crippen MR) is 78.1 cm³/mol. The number of hydrogen-bond acceptors (Lipinski definition) is 5. The van der Waals surface area contributed by atoms with Gasteiger partial charge in [0.2, 0.25) is 0 Å². The lowest BCUT2D eigenvalue weighted by Gasteiger charge is -2.23. The molecule has 1 aromatic heterocycles. The minimum Gasteiger partial charge on any atom is -0.370 e. The van der Waals surface area contributed by atoms with Gasteiger partial charge in [0, 0.05) is 19.1 Å². The lowest BCUT2D eigenvalue weighted by atomic mass is 10.3. The molecule has 2 aliphatic carbocycles. The molecular formula is C14H20N4O2. The third kappa shape index (κ3) is 3.00. The van der Waals surface area contributed by atoms with Crippen LogP contribution in [0, 0.1) is 16.0 Å². The highest BCUT2D eigenvalue weighted by atomic mass is 16.6. The summed E-state index contributed by atoms with van der Waals surface area (Å²) in [5.74, 6) is 2.10. The van der Waals surface area contributed by atoms with Gasteiger partial charge >= 0.3 is 0 Å². The van der Waals surface area contributed by atoms with Crippen molar-refractivity contribution in [3.05, 3.63) is 22.2 Å². The lowest BCUT2D eigenvalue weighted by molar-refractivity contribution is -0.384. The number of anilines is 2. The van der Waals surface area contributed by atoms with E-state index in [2.05, 4.69) is 15.2 Å². The first-order valence-corrected chi connectivity index (χ1v) is 7.34. The molecule has 0 aromatic carbocycles. The lowest BCUT2D eigenvalue weighted by Crippen LogP contribution is -2.29. The maximum absolute atomic E-state index is 11.1. The van der Waals surface area contributed by atoms with Gasteiger partial charge in [0.05, 0.1) is 17.1 Å². The molecule has 2 fully saturated rings. The summed E-state index contributed by atoms with van der Waals surface area (Å²) in [4.78, 5) is 17.6. The van der Waals surface area contributed by atoms with E-state index in [4.69, 9.17) is 0 Å². The quantitative estimate of drug-likeness (QED) is 0.612. The minimum absolute atomic E-state index is 0.118. The highest BCUT2D eigenvalue weighted by Crippen LogP contribution is 2.38. The normalized spacial score (nSPS) is 17.9. The van der Waals surface area contributed by atoms with Crippen LogP contribution in [0.3, 0.4) is 0 Å². The largest absolute Gasteiger partial charge is 0.370 e. The average molecular weight is 276 g/mol. The van der Waals surface area contributed by atoms with Gasteiger partial charge in [0.15, 0.2) is 0 Å². The second-order valence-electron chi connectivity index (χ2n) is 5.68. The van der Waals surface area contributed by atoms with Gasteiger partial charge < -0.3 is 10.2 Å². The van der Waals surface area contributed by atoms with E-state index < -0.39 is 0 Å². The number of nitrogens with zero attached hydrogens (tertiary/aromatic N) is 3. The van der Waals surface area contributed by atoms with Crippen LogP contribution in [-0.4, -0.2) is 29.0 Å². The minimum atomic E-state index is -0.339. The molecule has 6 heteroatoms. The number of hydrogen-bond donors (Lipinski definition) is 1. The van der Waals surface area contributed by atoms with Crippen LogP contribution in [0.1, 0.15) is 32.6 Å². The van der Waals surface area contributed by atoms with Crippen molar-refractivity contribution in [2.45, 2.75) is 38.6 Å². The maximum atomic E-state index is 11.1. The van der Waals surface area contributed by atoms with E-state index in [-0.39, 0.29) is 10.6 Å². The monoisotopic (exact) mass is 276 g/mol. The molecule has 1 N–H and O–H groups in total. The Morgan fingerprint density at radius 1 is 1.40 bits per heavy atom. The third-order valence-electron chi connectivity index (χ3n) is 3.80. The fraction of sp³-hybridized carbons (Fsp3) is 0.643. The Bertz CT molecular complexity index is 512. The van der Waals surface area contributed by atoms with Crippen LogP contribution < -0.4 is 10.2 Å². The molecule has 0 aliphatic heterocycles. The third-order valence-corrected chi connectivity index (χ3v) is 3.80. The Balaban J connectivity index is 1.89. The van der Waals surface area contributed by atoms with Crippen LogP contribution in [-0.2, 0) is 0 Å². The Morgan fingerprint density at radius 2 is 2.15 bits per heavy atom. The molecule has 108 valence electrons. The number of nitro groups is 1. The van der Waals surface area contributed by atoms with E-state index in [9.17, 15) is 10.1 Å². The van der Waals surface area contributed by atoms with Gasteiger partial charge in [0.25, 0.3) is 5.69 Å². The Labute approximate surface area is 118 Å². The number of rotatable bonds is 7. The smallest absolute Gasteiger partial charge is 0.276 e. The standard InChI is InChI=1S/C14H20N4O2/c1-2-15-13-7-12(18(19)20)8-14(16-13)17(11-5-6-11)9-10-3-4-10/h7-8,10-11H,2-6,9H2,1H3,(H,15,16). The van der Waals surface area contributed by atoms with Gasteiger partial charge in [-0.25, -0.2) is 4.98 Å². The first-order chi connectivity index (χ1) is 9.67. The highest BCUT2D eigenvalue weighted by Gasteiger charge is 2.35. The second-order valence-corrected chi connectivity index (χ2v) is 5.68. The molecule has 0 radical (unpaired) electrons. The first kappa shape index (κ1) is 13.1. The van der Waals surface area contributed by atoms with Crippen LogP contribution >= 0.6 is 0 Å². The predicted octanol–water partition coefficient (Wildman–Crippen LogP) is 2.80. The zero-order valence-electron chi connectivity index (χ0n) is 11.7. The Morgan fingerprint density at radius 3 is 2.70 bits per heavy atom. The fourth-order valence-corrected chi connectivity index (χ4v) is 2.42. The molecule has 1 heterocycles. The number of nitrogens with one attached hydrogen (secondary N) is 1. The van der Waals surface area contributed by atoms with Crippen molar-refractivity contribution in [1.29, 1.82) is 0 Å². The van der Waals surface area contributed by atoms with E-state index in [0.29, 0.717) is 18.4 Å². The van der Waals surface area contributed by atoms with E-state index in [1.165, 1.54) is 31.7 Å². The molecule has 0 atom stereocenters. The summed E-state index contributed by atoms with van der Waals surface area (Å²) in [5, 5.41) is 14.2. The van der Waals surface area contributed by atoms with Gasteiger partial charge in [-0.2, -0.15) is 0 Å². The van der Waals surface area contributed by atoms with E-state index in [0.717, 1.165) is 18.3 Å². The van der Waals surface area contributed by atoms with Crippen molar-refractivity contribution >= 4 is 17.3 Å². The topological polar surface area (TPSA) is 71.3 Å². The van der Waals surface area contributed by atoms with Gasteiger partial charge in [-0.05, 0) is 38.5 Å². The molecule has 0 unspecified atom stereocenters. The van der Waals surface area contributed by atoms with Crippen LogP contribution in [0.5, 0.6) is 0 Å². The molecule has 1 aromatic rings. The van der Waals surface area contributed by atoms with E-state index in [1.54, 1.807) is 6.07 Å².